The first kappa shape index (κ1) is 21.3. The van der Waals surface area contributed by atoms with Gasteiger partial charge in [-0.1, -0.05) is 39.0 Å². The normalized spacial score (nSPS) is 23.1. The van der Waals surface area contributed by atoms with Crippen molar-refractivity contribution in [3.05, 3.63) is 59.2 Å². The summed E-state index contributed by atoms with van der Waals surface area (Å²) in [5.74, 6) is -0.291. The summed E-state index contributed by atoms with van der Waals surface area (Å²) in [4.78, 5) is 40.0. The summed E-state index contributed by atoms with van der Waals surface area (Å²) in [6, 6.07) is 12.9. The lowest BCUT2D eigenvalue weighted by atomic mass is 9.76. The number of nitrogens with one attached hydrogen (secondary N) is 1. The number of benzene rings is 2. The molecule has 0 bridgehead atoms. The molecule has 31 heavy (non-hydrogen) atoms. The highest BCUT2D eigenvalue weighted by atomic mass is 16.2. The van der Waals surface area contributed by atoms with Gasteiger partial charge in [0.2, 0.25) is 11.8 Å². The zero-order chi connectivity index (χ0) is 22.1. The molecule has 0 aromatic heterocycles. The number of amides is 3. The van der Waals surface area contributed by atoms with Gasteiger partial charge in [0, 0.05) is 11.3 Å². The second-order valence-electron chi connectivity index (χ2n) is 8.80. The van der Waals surface area contributed by atoms with Crippen molar-refractivity contribution >= 4 is 29.1 Å². The Balaban J connectivity index is 1.53. The molecule has 2 aliphatic rings. The van der Waals surface area contributed by atoms with Crippen LogP contribution in [0, 0.1) is 17.8 Å². The molecule has 2 fully saturated rings. The largest absolute Gasteiger partial charge is 0.321 e. The van der Waals surface area contributed by atoms with E-state index in [0.29, 0.717) is 17.2 Å². The van der Waals surface area contributed by atoms with Gasteiger partial charge in [-0.2, -0.15) is 0 Å². The molecule has 5 nitrogen and oxygen atoms in total. The highest BCUT2D eigenvalue weighted by Gasteiger charge is 2.49. The zero-order valence-corrected chi connectivity index (χ0v) is 18.5. The minimum atomic E-state index is -0.197. The van der Waals surface area contributed by atoms with Crippen LogP contribution in [0.5, 0.6) is 0 Å². The van der Waals surface area contributed by atoms with Crippen LogP contribution < -0.4 is 10.2 Å². The highest BCUT2D eigenvalue weighted by Crippen LogP contribution is 2.42. The molecule has 0 radical (unpaired) electrons. The number of anilines is 2. The Morgan fingerprint density at radius 2 is 1.55 bits per heavy atom. The number of aryl methyl sites for hydroxylation is 2. The van der Waals surface area contributed by atoms with E-state index in [0.717, 1.165) is 48.9 Å². The Hall–Kier alpha value is -2.95. The van der Waals surface area contributed by atoms with Gasteiger partial charge in [0.1, 0.15) is 0 Å². The summed E-state index contributed by atoms with van der Waals surface area (Å²) in [5, 5.41) is 3.06. The van der Waals surface area contributed by atoms with Gasteiger partial charge in [-0.3, -0.25) is 19.3 Å². The van der Waals surface area contributed by atoms with E-state index in [1.165, 1.54) is 4.90 Å². The lowest BCUT2D eigenvalue weighted by molar-refractivity contribution is -0.122. The van der Waals surface area contributed by atoms with Crippen molar-refractivity contribution in [1.82, 2.24) is 0 Å². The van der Waals surface area contributed by atoms with Gasteiger partial charge in [0.05, 0.1) is 17.5 Å². The number of imide groups is 1. The molecule has 0 unspecified atom stereocenters. The molecule has 1 saturated heterocycles. The Morgan fingerprint density at radius 3 is 2.16 bits per heavy atom. The number of nitrogens with zero attached hydrogens (tertiary/aromatic N) is 1. The maximum absolute atomic E-state index is 12.9. The van der Waals surface area contributed by atoms with Gasteiger partial charge >= 0.3 is 0 Å². The molecule has 0 spiro atoms. The van der Waals surface area contributed by atoms with Gasteiger partial charge in [-0.15, -0.1) is 0 Å². The van der Waals surface area contributed by atoms with Crippen LogP contribution in [0.1, 0.15) is 61.5 Å². The van der Waals surface area contributed by atoms with Crippen molar-refractivity contribution in [1.29, 1.82) is 0 Å². The minimum Gasteiger partial charge on any atom is -0.321 e. The number of carbonyl (C=O) groups is 3. The van der Waals surface area contributed by atoms with E-state index in [-0.39, 0.29) is 29.6 Å². The van der Waals surface area contributed by atoms with Gasteiger partial charge in [0.15, 0.2) is 0 Å². The van der Waals surface area contributed by atoms with Crippen molar-refractivity contribution in [2.24, 2.45) is 17.8 Å². The molecule has 3 amide bonds. The summed E-state index contributed by atoms with van der Waals surface area (Å²) in [7, 11) is 0. The number of hydrogen-bond acceptors (Lipinski definition) is 3. The summed E-state index contributed by atoms with van der Waals surface area (Å²) >= 11 is 0. The van der Waals surface area contributed by atoms with Crippen molar-refractivity contribution in [2.75, 3.05) is 10.2 Å². The first-order chi connectivity index (χ1) is 14.9. The molecule has 5 heteroatoms. The quantitative estimate of drug-likeness (QED) is 0.696. The summed E-state index contributed by atoms with van der Waals surface area (Å²) < 4.78 is 0. The van der Waals surface area contributed by atoms with E-state index in [4.69, 9.17) is 0 Å². The smallest absolute Gasteiger partial charge is 0.255 e. The average Bonchev–Trinajstić information content (AvgIpc) is 3.03. The van der Waals surface area contributed by atoms with E-state index in [1.807, 2.05) is 18.2 Å². The molecule has 4 rings (SSSR count). The number of rotatable bonds is 5. The first-order valence-corrected chi connectivity index (χ1v) is 11.3. The number of fused-ring (bicyclic) bond motifs is 1. The van der Waals surface area contributed by atoms with Crippen molar-refractivity contribution < 1.29 is 14.4 Å². The number of carbonyl (C=O) groups excluding carboxylic acids is 3. The Labute approximate surface area is 183 Å². The molecule has 1 aliphatic carbocycles. The van der Waals surface area contributed by atoms with E-state index in [9.17, 15) is 14.4 Å². The molecular formula is C26H30N2O3. The lowest BCUT2D eigenvalue weighted by Crippen LogP contribution is -2.30. The molecule has 2 aromatic carbocycles. The standard InChI is InChI=1S/C26H30N2O3/c1-4-17-7-6-8-18(5-2)23(17)27-24(29)19-10-12-20(13-11-19)28-25(30)21-14-9-16(3)15-22(21)26(28)31/h6-8,10-13,16,21-22H,4-5,9,14-15H2,1-3H3,(H,27,29)/t16-,21-,22-/m1/s1. The fourth-order valence-corrected chi connectivity index (χ4v) is 4.99. The highest BCUT2D eigenvalue weighted by molar-refractivity contribution is 6.22. The molecule has 162 valence electrons. The Kier molecular flexibility index (Phi) is 5.94. The molecular weight excluding hydrogens is 388 g/mol. The third-order valence-corrected chi connectivity index (χ3v) is 6.81. The monoisotopic (exact) mass is 418 g/mol. The van der Waals surface area contributed by atoms with Gasteiger partial charge < -0.3 is 5.32 Å². The average molecular weight is 419 g/mol. The van der Waals surface area contributed by atoms with Crippen LogP contribution in [0.15, 0.2) is 42.5 Å². The third-order valence-electron chi connectivity index (χ3n) is 6.81. The fraction of sp³-hybridized carbons (Fsp3) is 0.423. The Bertz CT molecular complexity index is 990. The molecule has 2 aromatic rings. The SMILES string of the molecule is CCc1cccc(CC)c1NC(=O)c1ccc(N2C(=O)[C@@H]3CC[C@@H](C)C[C@H]3C2=O)cc1. The first-order valence-electron chi connectivity index (χ1n) is 11.3. The molecule has 1 aliphatic heterocycles. The molecule has 1 N–H and O–H groups in total. The second-order valence-corrected chi connectivity index (χ2v) is 8.80. The summed E-state index contributed by atoms with van der Waals surface area (Å²) in [6.07, 6.45) is 4.23. The van der Waals surface area contributed by atoms with E-state index < -0.39 is 0 Å². The molecule has 1 saturated carbocycles. The van der Waals surface area contributed by atoms with Gasteiger partial charge in [-0.25, -0.2) is 0 Å². The van der Waals surface area contributed by atoms with E-state index in [1.54, 1.807) is 24.3 Å². The van der Waals surface area contributed by atoms with E-state index >= 15 is 0 Å². The van der Waals surface area contributed by atoms with Crippen LogP contribution in [-0.4, -0.2) is 17.7 Å². The van der Waals surface area contributed by atoms with Crippen molar-refractivity contribution in [2.45, 2.75) is 52.9 Å². The van der Waals surface area contributed by atoms with Crippen LogP contribution in [0.3, 0.4) is 0 Å². The van der Waals surface area contributed by atoms with Gasteiger partial charge in [0.25, 0.3) is 5.91 Å². The zero-order valence-electron chi connectivity index (χ0n) is 18.5. The van der Waals surface area contributed by atoms with E-state index in [2.05, 4.69) is 26.1 Å². The second kappa shape index (κ2) is 8.66. The minimum absolute atomic E-state index is 0.0939. The number of hydrogen-bond donors (Lipinski definition) is 1. The van der Waals surface area contributed by atoms with Crippen LogP contribution in [-0.2, 0) is 22.4 Å². The van der Waals surface area contributed by atoms with Gasteiger partial charge in [-0.05, 0) is 73.4 Å². The number of para-hydroxylation sites is 1. The topological polar surface area (TPSA) is 66.5 Å². The van der Waals surface area contributed by atoms with Crippen molar-refractivity contribution in [3.63, 3.8) is 0 Å². The summed E-state index contributed by atoms with van der Waals surface area (Å²) in [5.41, 5.74) is 4.15. The maximum Gasteiger partial charge on any atom is 0.255 e. The maximum atomic E-state index is 12.9. The van der Waals surface area contributed by atoms with Crippen LogP contribution in [0.25, 0.3) is 0 Å². The summed E-state index contributed by atoms with van der Waals surface area (Å²) in [6.45, 7) is 6.29. The van der Waals surface area contributed by atoms with Crippen LogP contribution in [0.2, 0.25) is 0 Å². The van der Waals surface area contributed by atoms with Crippen molar-refractivity contribution in [3.8, 4) is 0 Å². The molecule has 3 atom stereocenters. The fourth-order valence-electron chi connectivity index (χ4n) is 4.99. The Morgan fingerprint density at radius 1 is 0.935 bits per heavy atom. The third kappa shape index (κ3) is 3.89. The lowest BCUT2D eigenvalue weighted by Gasteiger charge is -2.25. The predicted octanol–water partition coefficient (Wildman–Crippen LogP) is 4.99. The molecule has 1 heterocycles. The van der Waals surface area contributed by atoms with Crippen LogP contribution in [0.4, 0.5) is 11.4 Å². The predicted molar refractivity (Wildman–Crippen MR) is 122 cm³/mol. The van der Waals surface area contributed by atoms with Crippen LogP contribution >= 0.6 is 0 Å².